The van der Waals surface area contributed by atoms with Gasteiger partial charge in [0.1, 0.15) is 11.4 Å². The van der Waals surface area contributed by atoms with E-state index in [2.05, 4.69) is 30.8 Å². The number of aromatic nitrogens is 6. The second kappa shape index (κ2) is 6.80. The van der Waals surface area contributed by atoms with E-state index < -0.39 is 11.7 Å². The third kappa shape index (κ3) is 3.39. The van der Waals surface area contributed by atoms with Gasteiger partial charge in [0.25, 0.3) is 0 Å². The molecule has 28 heavy (non-hydrogen) atoms. The fourth-order valence-corrected chi connectivity index (χ4v) is 3.24. The first kappa shape index (κ1) is 18.3. The normalized spacial score (nSPS) is 19.3. The molecule has 148 valence electrons. The van der Waals surface area contributed by atoms with Crippen molar-refractivity contribution in [3.05, 3.63) is 42.1 Å². The molecule has 0 atom stereocenters. The van der Waals surface area contributed by atoms with E-state index in [1.807, 2.05) is 34.7 Å². The van der Waals surface area contributed by atoms with Gasteiger partial charge in [-0.25, -0.2) is 4.98 Å². The summed E-state index contributed by atoms with van der Waals surface area (Å²) >= 11 is 0. The van der Waals surface area contributed by atoms with Gasteiger partial charge in [0.2, 0.25) is 5.95 Å². The number of hydrogen-bond acceptors (Lipinski definition) is 6. The van der Waals surface area contributed by atoms with Gasteiger partial charge < -0.3 is 10.6 Å². The van der Waals surface area contributed by atoms with Crippen LogP contribution in [0.4, 0.5) is 30.6 Å². The Kier molecular flexibility index (Phi) is 4.44. The van der Waals surface area contributed by atoms with Crippen LogP contribution < -0.4 is 10.6 Å². The van der Waals surface area contributed by atoms with E-state index in [-0.39, 0.29) is 17.8 Å². The monoisotopic (exact) mass is 392 g/mol. The summed E-state index contributed by atoms with van der Waals surface area (Å²) in [5.74, 6) is -0.209. The third-order valence-corrected chi connectivity index (χ3v) is 4.86. The Morgan fingerprint density at radius 1 is 1.18 bits per heavy atom. The highest BCUT2D eigenvalue weighted by molar-refractivity contribution is 5.57. The summed E-state index contributed by atoms with van der Waals surface area (Å²) in [4.78, 5) is 7.72. The van der Waals surface area contributed by atoms with Crippen LogP contribution in [0.3, 0.4) is 0 Å². The van der Waals surface area contributed by atoms with Gasteiger partial charge in [0, 0.05) is 31.8 Å². The van der Waals surface area contributed by atoms with Crippen molar-refractivity contribution < 1.29 is 13.2 Å². The van der Waals surface area contributed by atoms with Crippen molar-refractivity contribution in [2.75, 3.05) is 17.7 Å². The van der Waals surface area contributed by atoms with Crippen LogP contribution in [0.5, 0.6) is 0 Å². The highest BCUT2D eigenvalue weighted by atomic mass is 19.4. The highest BCUT2D eigenvalue weighted by Crippen LogP contribution is 2.41. The van der Waals surface area contributed by atoms with Crippen molar-refractivity contribution in [1.29, 1.82) is 0 Å². The van der Waals surface area contributed by atoms with Crippen molar-refractivity contribution >= 4 is 17.5 Å². The summed E-state index contributed by atoms with van der Waals surface area (Å²) < 4.78 is 42.7. The molecule has 3 aromatic rings. The Balaban J connectivity index is 1.48. The van der Waals surface area contributed by atoms with E-state index in [0.717, 1.165) is 24.7 Å². The first-order valence-electron chi connectivity index (χ1n) is 8.79. The summed E-state index contributed by atoms with van der Waals surface area (Å²) in [7, 11) is 1.39. The van der Waals surface area contributed by atoms with Crippen LogP contribution in [-0.4, -0.2) is 36.6 Å². The first-order chi connectivity index (χ1) is 13.3. The number of rotatable bonds is 5. The zero-order valence-electron chi connectivity index (χ0n) is 15.3. The fraction of sp³-hybridized carbons (Fsp3) is 0.412. The van der Waals surface area contributed by atoms with Gasteiger partial charge in [-0.3, -0.25) is 9.36 Å². The Morgan fingerprint density at radius 3 is 2.57 bits per heavy atom. The van der Waals surface area contributed by atoms with Gasteiger partial charge in [-0.05, 0) is 25.8 Å². The molecule has 0 unspecified atom stereocenters. The summed E-state index contributed by atoms with van der Waals surface area (Å²) in [5.41, 5.74) is 0.466. The molecule has 3 aromatic heterocycles. The highest BCUT2D eigenvalue weighted by Gasteiger charge is 2.35. The molecule has 1 aliphatic carbocycles. The average molecular weight is 392 g/mol. The molecule has 3 heterocycles. The molecular formula is C17H19F3N8. The minimum Gasteiger partial charge on any atom is -0.372 e. The molecular weight excluding hydrogens is 373 g/mol. The Morgan fingerprint density at radius 2 is 1.93 bits per heavy atom. The Labute approximate surface area is 158 Å². The van der Waals surface area contributed by atoms with Crippen molar-refractivity contribution in [2.24, 2.45) is 0 Å². The lowest BCUT2D eigenvalue weighted by Gasteiger charge is -2.35. The lowest BCUT2D eigenvalue weighted by molar-refractivity contribution is -0.137. The van der Waals surface area contributed by atoms with Gasteiger partial charge in [0.15, 0.2) is 0 Å². The maximum Gasteiger partial charge on any atom is 0.421 e. The molecule has 0 saturated heterocycles. The standard InChI is InChI=1S/C17H19F3N8/c1-10-14(24-16-22-8-13(17(18,19)20)15(21-2)25-16)9-28(26-10)12-6-11(7-12)27-5-3-4-23-27/h3-5,8-9,11-12H,6-7H2,1-2H3,(H2,21,22,24,25)/t11-,12+. The molecule has 0 amide bonds. The van der Waals surface area contributed by atoms with Gasteiger partial charge in [0.05, 0.1) is 23.5 Å². The number of halogens is 3. The Bertz CT molecular complexity index is 957. The number of aryl methyl sites for hydroxylation is 1. The van der Waals surface area contributed by atoms with E-state index in [9.17, 15) is 13.2 Å². The van der Waals surface area contributed by atoms with Crippen LogP contribution in [-0.2, 0) is 6.18 Å². The molecule has 1 fully saturated rings. The largest absolute Gasteiger partial charge is 0.421 e. The van der Waals surface area contributed by atoms with Crippen LogP contribution >= 0.6 is 0 Å². The second-order valence-electron chi connectivity index (χ2n) is 6.70. The number of nitrogens with zero attached hydrogens (tertiary/aromatic N) is 6. The number of anilines is 3. The zero-order valence-corrected chi connectivity index (χ0v) is 15.3. The molecule has 11 heteroatoms. The topological polar surface area (TPSA) is 85.5 Å². The number of hydrogen-bond donors (Lipinski definition) is 2. The van der Waals surface area contributed by atoms with Crippen molar-refractivity contribution in [3.63, 3.8) is 0 Å². The average Bonchev–Trinajstić information content (AvgIpc) is 3.23. The van der Waals surface area contributed by atoms with E-state index in [1.165, 1.54) is 7.05 Å². The van der Waals surface area contributed by atoms with Crippen LogP contribution in [0.15, 0.2) is 30.9 Å². The molecule has 0 aromatic carbocycles. The quantitative estimate of drug-likeness (QED) is 0.691. The van der Waals surface area contributed by atoms with Crippen LogP contribution in [0.1, 0.15) is 36.2 Å². The molecule has 0 radical (unpaired) electrons. The van der Waals surface area contributed by atoms with Crippen LogP contribution in [0, 0.1) is 6.92 Å². The molecule has 2 N–H and O–H groups in total. The smallest absolute Gasteiger partial charge is 0.372 e. The van der Waals surface area contributed by atoms with E-state index >= 15 is 0 Å². The summed E-state index contributed by atoms with van der Waals surface area (Å²) in [6.07, 6.45) is 3.63. The molecule has 1 saturated carbocycles. The molecule has 0 spiro atoms. The van der Waals surface area contributed by atoms with Crippen LogP contribution in [0.25, 0.3) is 0 Å². The second-order valence-corrected chi connectivity index (χ2v) is 6.70. The maximum atomic E-state index is 13.0. The van der Waals surface area contributed by atoms with E-state index in [0.29, 0.717) is 11.7 Å². The van der Waals surface area contributed by atoms with E-state index in [1.54, 1.807) is 6.20 Å². The molecule has 0 bridgehead atoms. The summed E-state index contributed by atoms with van der Waals surface area (Å²) in [5, 5.41) is 14.2. The van der Waals surface area contributed by atoms with Gasteiger partial charge in [-0.1, -0.05) is 0 Å². The molecule has 4 rings (SSSR count). The van der Waals surface area contributed by atoms with Gasteiger partial charge in [-0.15, -0.1) is 0 Å². The minimum atomic E-state index is -4.52. The SMILES string of the molecule is CNc1nc(Nc2cn([C@H]3C[C@@H](n4cccn4)C3)nc2C)ncc1C(F)(F)F. The predicted molar refractivity (Wildman–Crippen MR) is 96.4 cm³/mol. The molecule has 0 aliphatic heterocycles. The third-order valence-electron chi connectivity index (χ3n) is 4.86. The van der Waals surface area contributed by atoms with E-state index in [4.69, 9.17) is 0 Å². The van der Waals surface area contributed by atoms with Gasteiger partial charge in [-0.2, -0.15) is 28.4 Å². The first-order valence-corrected chi connectivity index (χ1v) is 8.79. The zero-order chi connectivity index (χ0) is 19.9. The number of alkyl halides is 3. The van der Waals surface area contributed by atoms with Gasteiger partial charge >= 0.3 is 6.18 Å². The number of nitrogens with one attached hydrogen (secondary N) is 2. The van der Waals surface area contributed by atoms with Crippen molar-refractivity contribution in [1.82, 2.24) is 29.5 Å². The molecule has 1 aliphatic rings. The van der Waals surface area contributed by atoms with Crippen molar-refractivity contribution in [3.8, 4) is 0 Å². The maximum absolute atomic E-state index is 13.0. The summed E-state index contributed by atoms with van der Waals surface area (Å²) in [6, 6.07) is 2.51. The lowest BCUT2D eigenvalue weighted by atomic mass is 9.87. The fourth-order valence-electron chi connectivity index (χ4n) is 3.24. The molecule has 8 nitrogen and oxygen atoms in total. The minimum absolute atomic E-state index is 0.0722. The van der Waals surface area contributed by atoms with Crippen LogP contribution in [0.2, 0.25) is 0 Å². The van der Waals surface area contributed by atoms with Crippen molar-refractivity contribution in [2.45, 2.75) is 38.0 Å². The summed E-state index contributed by atoms with van der Waals surface area (Å²) in [6.45, 7) is 1.82. The lowest BCUT2D eigenvalue weighted by Crippen LogP contribution is -2.29. The predicted octanol–water partition coefficient (Wildman–Crippen LogP) is 3.56. The Hall–Kier alpha value is -3.11.